The minimum atomic E-state index is -4.03. The number of halogens is 1. The zero-order valence-electron chi connectivity index (χ0n) is 21.9. The number of anilines is 2. The first-order chi connectivity index (χ1) is 18.4. The standard InChI is InChI=1S/C31H29BrN2O4S/c1-31(2,3)24-17-15-22(16-18-24)30(36)23-9-7-11-26(19-23)33-29(35)21-34(27-12-8-10-25(32)20-27)39(37,38)28-13-5-4-6-14-28/h4-20H,21H2,1-3H3,(H,33,35). The average molecular weight is 606 g/mol. The third-order valence-corrected chi connectivity index (χ3v) is 8.42. The molecule has 0 saturated carbocycles. The normalized spacial score (nSPS) is 11.6. The van der Waals surface area contributed by atoms with Gasteiger partial charge in [0.05, 0.1) is 10.6 Å². The predicted octanol–water partition coefficient (Wildman–Crippen LogP) is 6.81. The number of nitrogens with zero attached hydrogens (tertiary/aromatic N) is 1. The molecule has 0 spiro atoms. The molecule has 200 valence electrons. The van der Waals surface area contributed by atoms with Crippen LogP contribution < -0.4 is 9.62 Å². The van der Waals surface area contributed by atoms with Crippen LogP contribution in [0.3, 0.4) is 0 Å². The first-order valence-corrected chi connectivity index (χ1v) is 14.6. The molecule has 0 aliphatic rings. The number of ketones is 1. The Labute approximate surface area is 237 Å². The van der Waals surface area contributed by atoms with E-state index >= 15 is 0 Å². The Bertz CT molecular complexity index is 1600. The lowest BCUT2D eigenvalue weighted by molar-refractivity contribution is -0.114. The number of carbonyl (C=O) groups excluding carboxylic acids is 2. The number of nitrogens with one attached hydrogen (secondary N) is 1. The van der Waals surface area contributed by atoms with Gasteiger partial charge in [-0.1, -0.05) is 97.4 Å². The van der Waals surface area contributed by atoms with E-state index in [2.05, 4.69) is 42.0 Å². The minimum Gasteiger partial charge on any atom is -0.324 e. The molecule has 6 nitrogen and oxygen atoms in total. The minimum absolute atomic E-state index is 0.0243. The van der Waals surface area contributed by atoms with Crippen molar-refractivity contribution in [3.05, 3.63) is 124 Å². The summed E-state index contributed by atoms with van der Waals surface area (Å²) in [5.74, 6) is -0.720. The van der Waals surface area contributed by atoms with Gasteiger partial charge in [-0.05, 0) is 53.4 Å². The maximum atomic E-state index is 13.5. The van der Waals surface area contributed by atoms with Crippen LogP contribution in [0.1, 0.15) is 42.3 Å². The van der Waals surface area contributed by atoms with Crippen LogP contribution in [0.25, 0.3) is 0 Å². The molecular formula is C31H29BrN2O4S. The van der Waals surface area contributed by atoms with Crippen LogP contribution in [-0.4, -0.2) is 26.7 Å². The molecule has 0 aliphatic heterocycles. The van der Waals surface area contributed by atoms with Crippen LogP contribution in [0.4, 0.5) is 11.4 Å². The van der Waals surface area contributed by atoms with Gasteiger partial charge in [0.1, 0.15) is 6.54 Å². The summed E-state index contributed by atoms with van der Waals surface area (Å²) in [4.78, 5) is 26.3. The number of sulfonamides is 1. The molecule has 1 N–H and O–H groups in total. The fourth-order valence-corrected chi connectivity index (χ4v) is 5.84. The van der Waals surface area contributed by atoms with Crippen LogP contribution in [0.5, 0.6) is 0 Å². The molecule has 4 aromatic rings. The van der Waals surface area contributed by atoms with Gasteiger partial charge >= 0.3 is 0 Å². The van der Waals surface area contributed by atoms with Gasteiger partial charge in [-0.25, -0.2) is 8.42 Å². The van der Waals surface area contributed by atoms with E-state index in [-0.39, 0.29) is 16.1 Å². The van der Waals surface area contributed by atoms with Crippen LogP contribution in [0, 0.1) is 0 Å². The van der Waals surface area contributed by atoms with Crippen molar-refractivity contribution in [3.63, 3.8) is 0 Å². The lowest BCUT2D eigenvalue weighted by Crippen LogP contribution is -2.38. The Kier molecular flexibility index (Phi) is 8.37. The van der Waals surface area contributed by atoms with E-state index in [1.54, 1.807) is 78.9 Å². The lowest BCUT2D eigenvalue weighted by Gasteiger charge is -2.24. The second-order valence-corrected chi connectivity index (χ2v) is 12.9. The average Bonchev–Trinajstić information content (AvgIpc) is 2.91. The number of carbonyl (C=O) groups is 2. The first kappa shape index (κ1) is 28.3. The van der Waals surface area contributed by atoms with Crippen LogP contribution in [0.15, 0.2) is 112 Å². The predicted molar refractivity (Wildman–Crippen MR) is 159 cm³/mol. The molecule has 0 fully saturated rings. The molecule has 0 heterocycles. The summed E-state index contributed by atoms with van der Waals surface area (Å²) in [6.45, 7) is 5.87. The van der Waals surface area contributed by atoms with Crippen molar-refractivity contribution in [1.29, 1.82) is 0 Å². The largest absolute Gasteiger partial charge is 0.324 e. The monoisotopic (exact) mass is 604 g/mol. The molecule has 0 atom stereocenters. The zero-order valence-corrected chi connectivity index (χ0v) is 24.3. The van der Waals surface area contributed by atoms with Gasteiger partial charge in [0.15, 0.2) is 5.78 Å². The van der Waals surface area contributed by atoms with Crippen molar-refractivity contribution in [2.24, 2.45) is 0 Å². The number of amides is 1. The fraction of sp³-hybridized carbons (Fsp3) is 0.161. The van der Waals surface area contributed by atoms with E-state index in [0.29, 0.717) is 27.0 Å². The highest BCUT2D eigenvalue weighted by molar-refractivity contribution is 9.10. The van der Waals surface area contributed by atoms with Gasteiger partial charge in [0, 0.05) is 21.3 Å². The van der Waals surface area contributed by atoms with E-state index in [4.69, 9.17) is 0 Å². The van der Waals surface area contributed by atoms with E-state index in [0.717, 1.165) is 9.87 Å². The van der Waals surface area contributed by atoms with Gasteiger partial charge in [0.2, 0.25) is 5.91 Å². The van der Waals surface area contributed by atoms with Gasteiger partial charge in [-0.2, -0.15) is 0 Å². The lowest BCUT2D eigenvalue weighted by atomic mass is 9.86. The highest BCUT2D eigenvalue weighted by atomic mass is 79.9. The molecule has 0 saturated heterocycles. The molecule has 0 aromatic heterocycles. The van der Waals surface area contributed by atoms with Crippen molar-refractivity contribution >= 4 is 49.0 Å². The number of rotatable bonds is 8. The summed E-state index contributed by atoms with van der Waals surface area (Å²) < 4.78 is 28.7. The van der Waals surface area contributed by atoms with Gasteiger partial charge < -0.3 is 5.32 Å². The fourth-order valence-electron chi connectivity index (χ4n) is 4.02. The molecule has 4 aromatic carbocycles. The molecule has 4 rings (SSSR count). The summed E-state index contributed by atoms with van der Waals surface area (Å²) in [6.07, 6.45) is 0. The SMILES string of the molecule is CC(C)(C)c1ccc(C(=O)c2cccc(NC(=O)CN(c3cccc(Br)c3)S(=O)(=O)c3ccccc3)c2)cc1. The Balaban J connectivity index is 1.56. The highest BCUT2D eigenvalue weighted by Crippen LogP contribution is 2.27. The van der Waals surface area contributed by atoms with Crippen molar-refractivity contribution < 1.29 is 18.0 Å². The summed E-state index contributed by atoms with van der Waals surface area (Å²) in [6, 6.07) is 28.8. The molecule has 0 bridgehead atoms. The van der Waals surface area contributed by atoms with E-state index in [1.165, 1.54) is 12.1 Å². The smallest absolute Gasteiger partial charge is 0.264 e. The Morgan fingerprint density at radius 3 is 2.10 bits per heavy atom. The Hall–Kier alpha value is -3.75. The molecule has 8 heteroatoms. The summed E-state index contributed by atoms with van der Waals surface area (Å²) in [5.41, 5.74) is 2.79. The van der Waals surface area contributed by atoms with E-state index in [9.17, 15) is 18.0 Å². The van der Waals surface area contributed by atoms with Gasteiger partial charge in [-0.15, -0.1) is 0 Å². The molecule has 0 unspecified atom stereocenters. The first-order valence-electron chi connectivity index (χ1n) is 12.3. The van der Waals surface area contributed by atoms with Crippen LogP contribution in [-0.2, 0) is 20.2 Å². The van der Waals surface area contributed by atoms with E-state index in [1.807, 2.05) is 12.1 Å². The van der Waals surface area contributed by atoms with Crippen molar-refractivity contribution in [2.75, 3.05) is 16.2 Å². The third kappa shape index (κ3) is 6.82. The molecule has 39 heavy (non-hydrogen) atoms. The van der Waals surface area contributed by atoms with Crippen molar-refractivity contribution in [3.8, 4) is 0 Å². The molecule has 0 aliphatic carbocycles. The topological polar surface area (TPSA) is 83.6 Å². The van der Waals surface area contributed by atoms with Crippen LogP contribution >= 0.6 is 15.9 Å². The van der Waals surface area contributed by atoms with Gasteiger partial charge in [0.25, 0.3) is 10.0 Å². The van der Waals surface area contributed by atoms with E-state index < -0.39 is 22.5 Å². The number of hydrogen-bond donors (Lipinski definition) is 1. The van der Waals surface area contributed by atoms with Crippen molar-refractivity contribution in [2.45, 2.75) is 31.1 Å². The van der Waals surface area contributed by atoms with Crippen molar-refractivity contribution in [1.82, 2.24) is 0 Å². The highest BCUT2D eigenvalue weighted by Gasteiger charge is 2.27. The number of hydrogen-bond acceptors (Lipinski definition) is 4. The Morgan fingerprint density at radius 1 is 0.795 bits per heavy atom. The zero-order chi connectivity index (χ0) is 28.2. The summed E-state index contributed by atoms with van der Waals surface area (Å²) >= 11 is 3.37. The molecule has 0 radical (unpaired) electrons. The summed E-state index contributed by atoms with van der Waals surface area (Å²) in [5, 5.41) is 2.75. The quantitative estimate of drug-likeness (QED) is 0.224. The summed E-state index contributed by atoms with van der Waals surface area (Å²) in [7, 11) is -4.03. The molecule has 1 amide bonds. The third-order valence-electron chi connectivity index (χ3n) is 6.14. The molecular weight excluding hydrogens is 576 g/mol. The maximum Gasteiger partial charge on any atom is 0.264 e. The van der Waals surface area contributed by atoms with Crippen LogP contribution in [0.2, 0.25) is 0 Å². The second-order valence-electron chi connectivity index (χ2n) is 10.1. The number of benzene rings is 4. The maximum absolute atomic E-state index is 13.5. The second kappa shape index (κ2) is 11.6. The van der Waals surface area contributed by atoms with Gasteiger partial charge in [-0.3, -0.25) is 13.9 Å². The Morgan fingerprint density at radius 2 is 1.46 bits per heavy atom.